The molecule has 0 aliphatic heterocycles. The van der Waals surface area contributed by atoms with Crippen molar-refractivity contribution < 1.29 is 14.7 Å². The highest BCUT2D eigenvalue weighted by Crippen LogP contribution is 2.27. The minimum atomic E-state index is 0.547. The Hall–Kier alpha value is -2.82. The molecular weight excluding hydrogens is 242 g/mol. The van der Waals surface area contributed by atoms with Crippen molar-refractivity contribution >= 4 is 21.9 Å². The van der Waals surface area contributed by atoms with Crippen molar-refractivity contribution in [3.05, 3.63) is 48.5 Å². The summed E-state index contributed by atoms with van der Waals surface area (Å²) in [6, 6.07) is 15.7. The Morgan fingerprint density at radius 2 is 1.95 bits per heavy atom. The maximum atomic E-state index is 9.47. The average Bonchev–Trinajstić information content (AvgIpc) is 3.03. The van der Waals surface area contributed by atoms with E-state index in [2.05, 4.69) is 10.1 Å². The van der Waals surface area contributed by atoms with Gasteiger partial charge in [0.05, 0.1) is 10.9 Å². The van der Waals surface area contributed by atoms with E-state index in [0.717, 1.165) is 22.2 Å². The molecule has 0 bridgehead atoms. The number of rotatable bonds is 1. The van der Waals surface area contributed by atoms with Gasteiger partial charge < -0.3 is 10.2 Å². The molecule has 0 atom stereocenters. The largest absolute Gasteiger partial charge is 0.354 e. The minimum absolute atomic E-state index is 0.547. The number of hydrogen-bond acceptors (Lipinski definition) is 3. The van der Waals surface area contributed by atoms with Crippen molar-refractivity contribution in [1.82, 2.24) is 10.1 Å². The molecule has 2 heterocycles. The first-order chi connectivity index (χ1) is 9.33. The van der Waals surface area contributed by atoms with Crippen LogP contribution in [0.2, 0.25) is 0 Å². The topological polar surface area (TPSA) is 65.9 Å². The first-order valence-corrected chi connectivity index (χ1v) is 5.91. The third-order valence-electron chi connectivity index (χ3n) is 3.25. The lowest BCUT2D eigenvalue weighted by Crippen LogP contribution is -2.26. The van der Waals surface area contributed by atoms with Gasteiger partial charge in [-0.2, -0.15) is 0 Å². The van der Waals surface area contributed by atoms with Gasteiger partial charge in [-0.15, -0.1) is 0 Å². The maximum absolute atomic E-state index is 9.47. The van der Waals surface area contributed by atoms with E-state index in [-0.39, 0.29) is 0 Å². The number of aromatic nitrogens is 3. The summed E-state index contributed by atoms with van der Waals surface area (Å²) in [7, 11) is 0. The zero-order chi connectivity index (χ0) is 12.8. The van der Waals surface area contributed by atoms with Gasteiger partial charge in [0.25, 0.3) is 11.0 Å². The predicted molar refractivity (Wildman–Crippen MR) is 68.7 cm³/mol. The molecule has 4 aromatic rings. The zero-order valence-electron chi connectivity index (χ0n) is 9.87. The van der Waals surface area contributed by atoms with Gasteiger partial charge in [-0.3, -0.25) is 0 Å². The molecule has 2 aromatic heterocycles. The Bertz CT molecular complexity index is 878. The van der Waals surface area contributed by atoms with Crippen molar-refractivity contribution in [2.24, 2.45) is 0 Å². The van der Waals surface area contributed by atoms with Crippen LogP contribution in [0.1, 0.15) is 0 Å². The van der Waals surface area contributed by atoms with Crippen LogP contribution in [0.15, 0.2) is 53.2 Å². The summed E-state index contributed by atoms with van der Waals surface area (Å²) >= 11 is 0. The Morgan fingerprint density at radius 3 is 2.79 bits per heavy atom. The van der Waals surface area contributed by atoms with Gasteiger partial charge in [0.15, 0.2) is 5.16 Å². The number of H-pyrrole nitrogens is 1. The second kappa shape index (κ2) is 3.58. The fourth-order valence-corrected chi connectivity index (χ4v) is 2.32. The van der Waals surface area contributed by atoms with Crippen LogP contribution in [0.5, 0.6) is 0 Å². The minimum Gasteiger partial charge on any atom is -0.354 e. The molecule has 0 unspecified atom stereocenters. The van der Waals surface area contributed by atoms with Crippen LogP contribution in [-0.4, -0.2) is 15.3 Å². The molecule has 2 aromatic carbocycles. The van der Waals surface area contributed by atoms with E-state index in [1.165, 1.54) is 0 Å². The van der Waals surface area contributed by atoms with Gasteiger partial charge in [-0.25, -0.2) is 0 Å². The smallest absolute Gasteiger partial charge is 0.287 e. The van der Waals surface area contributed by atoms with Crippen molar-refractivity contribution in [2.45, 2.75) is 0 Å². The standard InChI is InChI=1S/C14H9N3O2/c18-17-13-7-6-11-10(14(13)16-19-17)8-12(15-11)9-4-2-1-3-5-9/h1-8,18H/p+1. The molecule has 5 heteroatoms. The van der Waals surface area contributed by atoms with Gasteiger partial charge in [0, 0.05) is 11.8 Å². The highest BCUT2D eigenvalue weighted by Gasteiger charge is 2.19. The summed E-state index contributed by atoms with van der Waals surface area (Å²) in [4.78, 5) is 4.01. The normalized spacial score (nSPS) is 11.4. The molecule has 0 amide bonds. The molecule has 5 nitrogen and oxygen atoms in total. The molecule has 0 aliphatic carbocycles. The van der Waals surface area contributed by atoms with Gasteiger partial charge in [0.2, 0.25) is 0 Å². The predicted octanol–water partition coefficient (Wildman–Crippen LogP) is 2.50. The molecule has 4 rings (SSSR count). The number of fused-ring (bicyclic) bond motifs is 3. The number of nitrogens with one attached hydrogen (secondary N) is 1. The SMILES string of the molecule is O[n+]1onc2c3cc(-c4ccccc4)[nH]c3ccc21. The third-order valence-corrected chi connectivity index (χ3v) is 3.25. The summed E-state index contributed by atoms with van der Waals surface area (Å²) in [6.07, 6.45) is 0. The van der Waals surface area contributed by atoms with E-state index in [9.17, 15) is 5.21 Å². The molecule has 0 radical (unpaired) electrons. The van der Waals surface area contributed by atoms with Crippen LogP contribution < -0.4 is 4.90 Å². The van der Waals surface area contributed by atoms with Crippen molar-refractivity contribution in [2.75, 3.05) is 0 Å². The Labute approximate surface area is 107 Å². The maximum Gasteiger partial charge on any atom is 0.287 e. The monoisotopic (exact) mass is 252 g/mol. The molecule has 0 spiro atoms. The van der Waals surface area contributed by atoms with Crippen molar-refractivity contribution in [1.29, 1.82) is 0 Å². The molecule has 2 N–H and O–H groups in total. The van der Waals surface area contributed by atoms with E-state index in [0.29, 0.717) is 15.9 Å². The van der Waals surface area contributed by atoms with Crippen LogP contribution in [0.25, 0.3) is 33.2 Å². The fraction of sp³-hybridized carbons (Fsp3) is 0. The summed E-state index contributed by atoms with van der Waals surface area (Å²) in [6.45, 7) is 0. The Morgan fingerprint density at radius 1 is 1.11 bits per heavy atom. The first-order valence-electron chi connectivity index (χ1n) is 5.91. The van der Waals surface area contributed by atoms with E-state index >= 15 is 0 Å². The van der Waals surface area contributed by atoms with Gasteiger partial charge in [-0.1, -0.05) is 30.3 Å². The van der Waals surface area contributed by atoms with E-state index in [1.807, 2.05) is 42.5 Å². The number of aromatic amines is 1. The van der Waals surface area contributed by atoms with Crippen LogP contribution in [-0.2, 0) is 0 Å². The summed E-state index contributed by atoms with van der Waals surface area (Å²) in [5.74, 6) is 0. The van der Waals surface area contributed by atoms with E-state index < -0.39 is 0 Å². The van der Waals surface area contributed by atoms with Crippen LogP contribution in [0.3, 0.4) is 0 Å². The molecule has 0 fully saturated rings. The van der Waals surface area contributed by atoms with Crippen LogP contribution >= 0.6 is 0 Å². The second-order valence-corrected chi connectivity index (χ2v) is 4.39. The average molecular weight is 252 g/mol. The highest BCUT2D eigenvalue weighted by atomic mass is 16.8. The van der Waals surface area contributed by atoms with E-state index in [4.69, 9.17) is 4.63 Å². The Balaban J connectivity index is 2.04. The van der Waals surface area contributed by atoms with Gasteiger partial charge >= 0.3 is 0 Å². The number of hydrogen-bond donors (Lipinski definition) is 2. The lowest BCUT2D eigenvalue weighted by Gasteiger charge is -1.94. The summed E-state index contributed by atoms with van der Waals surface area (Å²) in [5.41, 5.74) is 4.26. The number of nitrogens with zero attached hydrogens (tertiary/aromatic N) is 2. The fourth-order valence-electron chi connectivity index (χ4n) is 2.32. The molecule has 0 saturated heterocycles. The second-order valence-electron chi connectivity index (χ2n) is 4.39. The van der Waals surface area contributed by atoms with E-state index in [1.54, 1.807) is 6.07 Å². The quantitative estimate of drug-likeness (QED) is 0.511. The molecule has 0 aliphatic rings. The number of benzene rings is 2. The van der Waals surface area contributed by atoms with Crippen molar-refractivity contribution in [3.8, 4) is 11.3 Å². The lowest BCUT2D eigenvalue weighted by atomic mass is 10.1. The molecule has 19 heavy (non-hydrogen) atoms. The zero-order valence-corrected chi connectivity index (χ0v) is 9.87. The first kappa shape index (κ1) is 10.1. The molecule has 0 saturated carbocycles. The molecular formula is C14H10N3O2+. The molecule has 92 valence electrons. The van der Waals surface area contributed by atoms with Crippen LogP contribution in [0, 0.1) is 0 Å². The summed E-state index contributed by atoms with van der Waals surface area (Å²) < 4.78 is 4.75. The van der Waals surface area contributed by atoms with Crippen LogP contribution in [0.4, 0.5) is 0 Å². The lowest BCUT2D eigenvalue weighted by molar-refractivity contribution is -1.02. The Kier molecular flexibility index (Phi) is 1.91. The summed E-state index contributed by atoms with van der Waals surface area (Å²) in [5, 5.41) is 14.3. The van der Waals surface area contributed by atoms with Gasteiger partial charge in [0.1, 0.15) is 4.90 Å². The third kappa shape index (κ3) is 1.41. The van der Waals surface area contributed by atoms with Gasteiger partial charge in [-0.05, 0) is 22.3 Å². The highest BCUT2D eigenvalue weighted by molar-refractivity contribution is 6.03. The van der Waals surface area contributed by atoms with Crippen molar-refractivity contribution in [3.63, 3.8) is 0 Å².